The number of rotatable bonds is 4. The summed E-state index contributed by atoms with van der Waals surface area (Å²) >= 11 is 4.04. The van der Waals surface area contributed by atoms with Crippen molar-refractivity contribution in [1.29, 1.82) is 0 Å². The van der Waals surface area contributed by atoms with Gasteiger partial charge in [0, 0.05) is 30.1 Å². The van der Waals surface area contributed by atoms with Crippen LogP contribution in [0, 0.1) is 0 Å². The van der Waals surface area contributed by atoms with E-state index < -0.39 is 12.2 Å². The number of piperidine rings is 1. The molecule has 0 radical (unpaired) electrons. The molecule has 1 fully saturated rings. The van der Waals surface area contributed by atoms with E-state index in [1.165, 1.54) is 19.3 Å². The number of thiol groups is 1. The molecule has 100 valence electrons. The zero-order valence-corrected chi connectivity index (χ0v) is 11.4. The van der Waals surface area contributed by atoms with E-state index in [-0.39, 0.29) is 5.75 Å². The van der Waals surface area contributed by atoms with Crippen LogP contribution in [0.15, 0.2) is 24.3 Å². The molecule has 1 saturated heterocycles. The molecule has 0 amide bonds. The quantitative estimate of drug-likeness (QED) is 0.731. The van der Waals surface area contributed by atoms with Gasteiger partial charge >= 0.3 is 0 Å². The molecular weight excluding hydrogens is 246 g/mol. The first-order valence-corrected chi connectivity index (χ1v) is 7.18. The van der Waals surface area contributed by atoms with Crippen molar-refractivity contribution >= 4 is 18.3 Å². The fourth-order valence-electron chi connectivity index (χ4n) is 2.47. The molecule has 1 aromatic rings. The Balaban J connectivity index is 2.24. The minimum atomic E-state index is -0.861. The zero-order valence-electron chi connectivity index (χ0n) is 10.5. The molecule has 1 aromatic carbocycles. The Hall–Kier alpha value is -0.710. The normalized spacial score (nSPS) is 19.6. The first kappa shape index (κ1) is 13.7. The van der Waals surface area contributed by atoms with Crippen molar-refractivity contribution in [2.45, 2.75) is 31.5 Å². The largest absolute Gasteiger partial charge is 0.389 e. The van der Waals surface area contributed by atoms with Gasteiger partial charge in [0.15, 0.2) is 0 Å². The summed E-state index contributed by atoms with van der Waals surface area (Å²) in [6, 6.07) is 7.79. The highest BCUT2D eigenvalue weighted by molar-refractivity contribution is 7.80. The van der Waals surface area contributed by atoms with Gasteiger partial charge in [-0.2, -0.15) is 12.6 Å². The van der Waals surface area contributed by atoms with Crippen LogP contribution in [0.2, 0.25) is 0 Å². The van der Waals surface area contributed by atoms with Gasteiger partial charge in [0.25, 0.3) is 0 Å². The van der Waals surface area contributed by atoms with E-state index >= 15 is 0 Å². The highest BCUT2D eigenvalue weighted by atomic mass is 32.1. The zero-order chi connectivity index (χ0) is 13.0. The topological polar surface area (TPSA) is 43.7 Å². The van der Waals surface area contributed by atoms with Crippen molar-refractivity contribution in [3.63, 3.8) is 0 Å². The number of aliphatic hydroxyl groups is 2. The van der Waals surface area contributed by atoms with Crippen molar-refractivity contribution in [1.82, 2.24) is 0 Å². The molecule has 2 rings (SSSR count). The Morgan fingerprint density at radius 2 is 1.78 bits per heavy atom. The van der Waals surface area contributed by atoms with Crippen molar-refractivity contribution in [3.8, 4) is 0 Å². The lowest BCUT2D eigenvalue weighted by molar-refractivity contribution is 0.0340. The van der Waals surface area contributed by atoms with E-state index in [1.807, 2.05) is 24.3 Å². The second-order valence-electron chi connectivity index (χ2n) is 4.80. The molecule has 4 heteroatoms. The Kier molecular flexibility index (Phi) is 4.92. The number of hydrogen-bond donors (Lipinski definition) is 3. The lowest BCUT2D eigenvalue weighted by Crippen LogP contribution is -2.31. The van der Waals surface area contributed by atoms with Crippen LogP contribution >= 0.6 is 12.6 Å². The van der Waals surface area contributed by atoms with Crippen LogP contribution in [0.3, 0.4) is 0 Å². The van der Waals surface area contributed by atoms with E-state index in [2.05, 4.69) is 17.5 Å². The summed E-state index contributed by atoms with van der Waals surface area (Å²) in [6.45, 7) is 2.06. The van der Waals surface area contributed by atoms with Gasteiger partial charge in [-0.1, -0.05) is 18.2 Å². The number of benzene rings is 1. The average Bonchev–Trinajstić information content (AvgIpc) is 2.46. The van der Waals surface area contributed by atoms with Crippen molar-refractivity contribution in [3.05, 3.63) is 29.8 Å². The second kappa shape index (κ2) is 6.45. The van der Waals surface area contributed by atoms with E-state index in [9.17, 15) is 10.2 Å². The Labute approximate surface area is 114 Å². The van der Waals surface area contributed by atoms with E-state index in [1.54, 1.807) is 0 Å². The molecule has 0 aliphatic carbocycles. The lowest BCUT2D eigenvalue weighted by Gasteiger charge is -2.32. The summed E-state index contributed by atoms with van der Waals surface area (Å²) in [5.74, 6) is 0.259. The molecule has 2 unspecified atom stereocenters. The molecule has 3 nitrogen and oxygen atoms in total. The standard InChI is InChI=1S/C14H21NO2S/c16-13(10-18)14(17)11-6-2-3-7-12(11)15-8-4-1-5-9-15/h2-3,6-7,13-14,16-18H,1,4-5,8-10H2. The highest BCUT2D eigenvalue weighted by Crippen LogP contribution is 2.30. The SMILES string of the molecule is OC(CS)C(O)c1ccccc1N1CCCCC1. The molecular formula is C14H21NO2S. The predicted molar refractivity (Wildman–Crippen MR) is 77.3 cm³/mol. The van der Waals surface area contributed by atoms with Crippen molar-refractivity contribution < 1.29 is 10.2 Å². The fourth-order valence-corrected chi connectivity index (χ4v) is 2.67. The molecule has 0 spiro atoms. The Bertz CT molecular complexity index is 359. The van der Waals surface area contributed by atoms with Crippen LogP contribution in [0.25, 0.3) is 0 Å². The van der Waals surface area contributed by atoms with Crippen LogP contribution in [-0.4, -0.2) is 35.2 Å². The predicted octanol–water partition coefficient (Wildman–Crippen LogP) is 2.00. The lowest BCUT2D eigenvalue weighted by atomic mass is 10.0. The molecule has 0 bridgehead atoms. The molecule has 2 N–H and O–H groups in total. The van der Waals surface area contributed by atoms with E-state index in [4.69, 9.17) is 0 Å². The van der Waals surface area contributed by atoms with Gasteiger partial charge in [-0.05, 0) is 25.3 Å². The number of aliphatic hydroxyl groups excluding tert-OH is 2. The Morgan fingerprint density at radius 3 is 2.44 bits per heavy atom. The summed E-state index contributed by atoms with van der Waals surface area (Å²) in [4.78, 5) is 2.30. The number of anilines is 1. The van der Waals surface area contributed by atoms with Crippen LogP contribution in [0.1, 0.15) is 30.9 Å². The first-order chi connectivity index (χ1) is 8.74. The smallest absolute Gasteiger partial charge is 0.108 e. The number of para-hydroxylation sites is 1. The van der Waals surface area contributed by atoms with Gasteiger partial charge in [0.2, 0.25) is 0 Å². The minimum Gasteiger partial charge on any atom is -0.389 e. The third-order valence-corrected chi connectivity index (χ3v) is 3.88. The number of hydrogen-bond acceptors (Lipinski definition) is 4. The summed E-state index contributed by atoms with van der Waals surface area (Å²) < 4.78 is 0. The van der Waals surface area contributed by atoms with Crippen molar-refractivity contribution in [2.75, 3.05) is 23.7 Å². The fraction of sp³-hybridized carbons (Fsp3) is 0.571. The monoisotopic (exact) mass is 267 g/mol. The Morgan fingerprint density at radius 1 is 1.11 bits per heavy atom. The third-order valence-electron chi connectivity index (χ3n) is 3.50. The van der Waals surface area contributed by atoms with Gasteiger partial charge in [-0.3, -0.25) is 0 Å². The second-order valence-corrected chi connectivity index (χ2v) is 5.17. The summed E-state index contributed by atoms with van der Waals surface area (Å²) in [6.07, 6.45) is 1.99. The molecule has 1 aliphatic rings. The molecule has 1 aliphatic heterocycles. The van der Waals surface area contributed by atoms with Crippen LogP contribution in [-0.2, 0) is 0 Å². The van der Waals surface area contributed by atoms with Crippen LogP contribution < -0.4 is 4.90 Å². The van der Waals surface area contributed by atoms with Gasteiger partial charge in [0.1, 0.15) is 6.10 Å². The van der Waals surface area contributed by atoms with Gasteiger partial charge in [0.05, 0.1) is 6.10 Å². The maximum atomic E-state index is 10.2. The maximum Gasteiger partial charge on any atom is 0.108 e. The van der Waals surface area contributed by atoms with E-state index in [0.29, 0.717) is 0 Å². The molecule has 0 saturated carbocycles. The molecule has 1 heterocycles. The minimum absolute atomic E-state index is 0.259. The number of nitrogens with zero attached hydrogens (tertiary/aromatic N) is 1. The van der Waals surface area contributed by atoms with Gasteiger partial charge in [-0.25, -0.2) is 0 Å². The van der Waals surface area contributed by atoms with Gasteiger partial charge < -0.3 is 15.1 Å². The summed E-state index contributed by atoms with van der Waals surface area (Å²) in [5, 5.41) is 19.9. The summed E-state index contributed by atoms with van der Waals surface area (Å²) in [5.41, 5.74) is 1.85. The van der Waals surface area contributed by atoms with Gasteiger partial charge in [-0.15, -0.1) is 0 Å². The van der Waals surface area contributed by atoms with Crippen molar-refractivity contribution in [2.24, 2.45) is 0 Å². The first-order valence-electron chi connectivity index (χ1n) is 6.55. The summed E-state index contributed by atoms with van der Waals surface area (Å²) in [7, 11) is 0. The molecule has 2 atom stereocenters. The van der Waals surface area contributed by atoms with Crippen LogP contribution in [0.5, 0.6) is 0 Å². The molecule has 0 aromatic heterocycles. The third kappa shape index (κ3) is 2.99. The maximum absolute atomic E-state index is 10.2. The highest BCUT2D eigenvalue weighted by Gasteiger charge is 2.22. The average molecular weight is 267 g/mol. The molecule has 18 heavy (non-hydrogen) atoms. The van der Waals surface area contributed by atoms with Crippen LogP contribution in [0.4, 0.5) is 5.69 Å². The van der Waals surface area contributed by atoms with E-state index in [0.717, 1.165) is 24.3 Å².